The number of benzene rings is 3. The first-order valence-electron chi connectivity index (χ1n) is 10.4. The minimum Gasteiger partial charge on any atom is -0.336 e. The Morgan fingerprint density at radius 3 is 2.48 bits per heavy atom. The highest BCUT2D eigenvalue weighted by atomic mass is 16.2. The van der Waals surface area contributed by atoms with E-state index in [0.717, 1.165) is 27.7 Å². The molecule has 31 heavy (non-hydrogen) atoms. The summed E-state index contributed by atoms with van der Waals surface area (Å²) in [7, 11) is 0. The second-order valence-electron chi connectivity index (χ2n) is 8.34. The normalized spacial score (nSPS) is 20.7. The van der Waals surface area contributed by atoms with Crippen LogP contribution in [0.25, 0.3) is 10.8 Å². The van der Waals surface area contributed by atoms with Gasteiger partial charge in [-0.25, -0.2) is 4.79 Å². The van der Waals surface area contributed by atoms with E-state index in [0.29, 0.717) is 18.7 Å². The molecule has 0 radical (unpaired) electrons. The van der Waals surface area contributed by atoms with Gasteiger partial charge in [0.15, 0.2) is 0 Å². The van der Waals surface area contributed by atoms with Crippen LogP contribution in [0, 0.1) is 0 Å². The third-order valence-electron chi connectivity index (χ3n) is 6.38. The fourth-order valence-corrected chi connectivity index (χ4v) is 4.48. The summed E-state index contributed by atoms with van der Waals surface area (Å²) in [5.74, 6) is -0.626. The molecule has 0 spiro atoms. The summed E-state index contributed by atoms with van der Waals surface area (Å²) in [6, 6.07) is 21.1. The van der Waals surface area contributed by atoms with E-state index in [4.69, 9.17) is 0 Å². The Labute approximate surface area is 180 Å². The topological polar surface area (TPSA) is 69.7 Å². The number of amides is 4. The van der Waals surface area contributed by atoms with Crippen LogP contribution in [-0.2, 0) is 28.1 Å². The molecule has 0 saturated carbocycles. The SMILES string of the molecule is C[C@@]1(c2ccc3ccccc3c2)NC(=O)N(CC(=O)N2CCc3ccccc3C2)C1=O. The number of carbonyl (C=O) groups is 3. The predicted molar refractivity (Wildman–Crippen MR) is 117 cm³/mol. The molecule has 2 aliphatic heterocycles. The Hall–Kier alpha value is -3.67. The van der Waals surface area contributed by atoms with Crippen LogP contribution in [0.15, 0.2) is 66.7 Å². The molecule has 5 rings (SSSR count). The highest BCUT2D eigenvalue weighted by Gasteiger charge is 2.49. The van der Waals surface area contributed by atoms with Crippen molar-refractivity contribution in [1.82, 2.24) is 15.1 Å². The number of hydrogen-bond acceptors (Lipinski definition) is 3. The average molecular weight is 413 g/mol. The van der Waals surface area contributed by atoms with Crippen LogP contribution < -0.4 is 5.32 Å². The van der Waals surface area contributed by atoms with Gasteiger partial charge in [-0.15, -0.1) is 0 Å². The summed E-state index contributed by atoms with van der Waals surface area (Å²) in [5.41, 5.74) is 1.85. The second kappa shape index (κ2) is 7.23. The predicted octanol–water partition coefficient (Wildman–Crippen LogP) is 3.19. The second-order valence-corrected chi connectivity index (χ2v) is 8.34. The van der Waals surface area contributed by atoms with Crippen LogP contribution >= 0.6 is 0 Å². The summed E-state index contributed by atoms with van der Waals surface area (Å²) in [4.78, 5) is 41.6. The van der Waals surface area contributed by atoms with Crippen molar-refractivity contribution in [3.63, 3.8) is 0 Å². The van der Waals surface area contributed by atoms with Gasteiger partial charge in [0.05, 0.1) is 0 Å². The maximum absolute atomic E-state index is 13.3. The van der Waals surface area contributed by atoms with E-state index in [-0.39, 0.29) is 12.5 Å². The third-order valence-corrected chi connectivity index (χ3v) is 6.38. The minimum atomic E-state index is -1.20. The number of urea groups is 1. The fourth-order valence-electron chi connectivity index (χ4n) is 4.48. The maximum atomic E-state index is 13.3. The Morgan fingerprint density at radius 1 is 0.968 bits per heavy atom. The first-order chi connectivity index (χ1) is 15.0. The maximum Gasteiger partial charge on any atom is 0.325 e. The molecule has 4 amide bonds. The van der Waals surface area contributed by atoms with Gasteiger partial charge in [-0.3, -0.25) is 14.5 Å². The van der Waals surface area contributed by atoms with Crippen molar-refractivity contribution < 1.29 is 14.4 Å². The van der Waals surface area contributed by atoms with Crippen LogP contribution in [0.3, 0.4) is 0 Å². The quantitative estimate of drug-likeness (QED) is 0.671. The highest BCUT2D eigenvalue weighted by Crippen LogP contribution is 2.31. The first kappa shape index (κ1) is 19.3. The molecule has 6 nitrogen and oxygen atoms in total. The molecule has 3 aromatic carbocycles. The molecule has 2 aliphatic rings. The minimum absolute atomic E-state index is 0.222. The molecular weight excluding hydrogens is 390 g/mol. The van der Waals surface area contributed by atoms with Gasteiger partial charge in [0.1, 0.15) is 12.1 Å². The molecule has 6 heteroatoms. The van der Waals surface area contributed by atoms with Crippen molar-refractivity contribution in [3.8, 4) is 0 Å². The number of fused-ring (bicyclic) bond motifs is 2. The van der Waals surface area contributed by atoms with Crippen molar-refractivity contribution in [3.05, 3.63) is 83.4 Å². The van der Waals surface area contributed by atoms with Gasteiger partial charge >= 0.3 is 6.03 Å². The zero-order valence-electron chi connectivity index (χ0n) is 17.3. The summed E-state index contributed by atoms with van der Waals surface area (Å²) in [6.45, 7) is 2.52. The van der Waals surface area contributed by atoms with E-state index in [9.17, 15) is 14.4 Å². The lowest BCUT2D eigenvalue weighted by Gasteiger charge is -2.30. The molecule has 1 atom stereocenters. The number of carbonyl (C=O) groups excluding carboxylic acids is 3. The monoisotopic (exact) mass is 413 g/mol. The van der Waals surface area contributed by atoms with E-state index in [1.165, 1.54) is 5.56 Å². The number of hydrogen-bond donors (Lipinski definition) is 1. The lowest BCUT2D eigenvalue weighted by molar-refractivity contribution is -0.139. The first-order valence-corrected chi connectivity index (χ1v) is 10.4. The Kier molecular flexibility index (Phi) is 4.50. The van der Waals surface area contributed by atoms with Crippen LogP contribution in [-0.4, -0.2) is 40.7 Å². The molecule has 1 fully saturated rings. The number of nitrogens with one attached hydrogen (secondary N) is 1. The highest BCUT2D eigenvalue weighted by molar-refractivity contribution is 6.09. The largest absolute Gasteiger partial charge is 0.336 e. The van der Waals surface area contributed by atoms with Gasteiger partial charge in [-0.1, -0.05) is 60.7 Å². The van der Waals surface area contributed by atoms with Crippen molar-refractivity contribution in [2.24, 2.45) is 0 Å². The van der Waals surface area contributed by atoms with Gasteiger partial charge in [-0.2, -0.15) is 0 Å². The van der Waals surface area contributed by atoms with E-state index >= 15 is 0 Å². The number of imide groups is 1. The van der Waals surface area contributed by atoms with Crippen molar-refractivity contribution in [1.29, 1.82) is 0 Å². The molecule has 1 N–H and O–H groups in total. The zero-order chi connectivity index (χ0) is 21.6. The summed E-state index contributed by atoms with van der Waals surface area (Å²) in [5, 5.41) is 4.85. The Morgan fingerprint density at radius 2 is 1.68 bits per heavy atom. The third kappa shape index (κ3) is 3.24. The fraction of sp³-hybridized carbons (Fsp3) is 0.240. The van der Waals surface area contributed by atoms with Crippen LogP contribution in [0.4, 0.5) is 4.79 Å². The van der Waals surface area contributed by atoms with Crippen LogP contribution in [0.1, 0.15) is 23.6 Å². The average Bonchev–Trinajstić information content (AvgIpc) is 3.02. The molecule has 0 unspecified atom stereocenters. The van der Waals surface area contributed by atoms with Gasteiger partial charge in [0.25, 0.3) is 5.91 Å². The summed E-state index contributed by atoms with van der Waals surface area (Å²) >= 11 is 0. The van der Waals surface area contributed by atoms with Gasteiger partial charge in [-0.05, 0) is 46.9 Å². The van der Waals surface area contributed by atoms with E-state index in [1.54, 1.807) is 11.8 Å². The molecule has 0 aliphatic carbocycles. The molecule has 3 aromatic rings. The Balaban J connectivity index is 1.35. The van der Waals surface area contributed by atoms with Crippen molar-refractivity contribution in [2.75, 3.05) is 13.1 Å². The van der Waals surface area contributed by atoms with Gasteiger partial charge in [0.2, 0.25) is 5.91 Å². The molecular formula is C25H23N3O3. The standard InChI is InChI=1S/C25H23N3O3/c1-25(21-11-10-17-6-2-4-8-19(17)14-21)23(30)28(24(31)26-25)16-22(29)27-13-12-18-7-3-5-9-20(18)15-27/h2-11,14H,12-13,15-16H2,1H3,(H,26,31)/t25-/m0/s1. The zero-order valence-corrected chi connectivity index (χ0v) is 17.3. The Bertz CT molecular complexity index is 1220. The van der Waals surface area contributed by atoms with Gasteiger partial charge < -0.3 is 10.2 Å². The smallest absolute Gasteiger partial charge is 0.325 e. The molecule has 0 aromatic heterocycles. The summed E-state index contributed by atoms with van der Waals surface area (Å²) in [6.07, 6.45) is 0.775. The van der Waals surface area contributed by atoms with Gasteiger partial charge in [0, 0.05) is 13.1 Å². The lowest BCUT2D eigenvalue weighted by Crippen LogP contribution is -2.45. The molecule has 1 saturated heterocycles. The van der Waals surface area contributed by atoms with Crippen LogP contribution in [0.2, 0.25) is 0 Å². The van der Waals surface area contributed by atoms with Crippen molar-refractivity contribution >= 4 is 28.6 Å². The number of nitrogens with zero attached hydrogens (tertiary/aromatic N) is 2. The van der Waals surface area contributed by atoms with Crippen molar-refractivity contribution in [2.45, 2.75) is 25.4 Å². The molecule has 156 valence electrons. The molecule has 0 bridgehead atoms. The van der Waals surface area contributed by atoms with E-state index in [2.05, 4.69) is 11.4 Å². The van der Waals surface area contributed by atoms with E-state index in [1.807, 2.05) is 60.7 Å². The van der Waals surface area contributed by atoms with E-state index < -0.39 is 17.5 Å². The van der Waals surface area contributed by atoms with Crippen LogP contribution in [0.5, 0.6) is 0 Å². The summed E-state index contributed by atoms with van der Waals surface area (Å²) < 4.78 is 0. The molecule has 2 heterocycles. The lowest BCUT2D eigenvalue weighted by atomic mass is 9.90. The number of rotatable bonds is 3.